The molecule has 1 unspecified atom stereocenters. The molecule has 0 bridgehead atoms. The third-order valence-electron chi connectivity index (χ3n) is 4.92. The zero-order valence-electron chi connectivity index (χ0n) is 18.4. The molecule has 0 aliphatic carbocycles. The number of ketones is 1. The second kappa shape index (κ2) is 10.2. The van der Waals surface area contributed by atoms with Gasteiger partial charge in [0.05, 0.1) is 34.3 Å². The summed E-state index contributed by atoms with van der Waals surface area (Å²) in [6.07, 6.45) is 0. The van der Waals surface area contributed by atoms with Crippen LogP contribution in [-0.2, 0) is 19.1 Å². The molecule has 15 nitrogen and oxygen atoms in total. The van der Waals surface area contributed by atoms with Gasteiger partial charge in [-0.05, 0) is 18.2 Å². The van der Waals surface area contributed by atoms with Crippen molar-refractivity contribution in [1.82, 2.24) is 9.97 Å². The van der Waals surface area contributed by atoms with Crippen molar-refractivity contribution in [2.45, 2.75) is 5.92 Å². The number of non-ortho nitro benzene ring substituents is 1. The highest BCUT2D eigenvalue weighted by atomic mass is 16.6. The zero-order chi connectivity index (χ0) is 26.6. The number of H-pyrrole nitrogens is 1. The number of para-hydroxylation sites is 1. The van der Waals surface area contributed by atoms with E-state index in [2.05, 4.69) is 25.1 Å². The number of carbonyl (C=O) groups is 4. The fourth-order valence-corrected chi connectivity index (χ4v) is 3.25. The molecule has 1 atom stereocenters. The molecule has 184 valence electrons. The van der Waals surface area contributed by atoms with Gasteiger partial charge in [0.2, 0.25) is 0 Å². The Balaban J connectivity index is 2.15. The van der Waals surface area contributed by atoms with Gasteiger partial charge >= 0.3 is 5.97 Å². The van der Waals surface area contributed by atoms with Crippen molar-refractivity contribution in [3.8, 4) is 0 Å². The second-order valence-corrected chi connectivity index (χ2v) is 7.08. The Bertz CT molecular complexity index is 1510. The van der Waals surface area contributed by atoms with Crippen LogP contribution in [0.3, 0.4) is 0 Å². The van der Waals surface area contributed by atoms with Crippen molar-refractivity contribution in [2.75, 3.05) is 12.4 Å². The quantitative estimate of drug-likeness (QED) is 0.0794. The molecule has 0 aliphatic heterocycles. The fraction of sp³-hybridized carbons (Fsp3) is 0.0952. The minimum Gasteiger partial charge on any atom is -0.463 e. The number of nitro groups is 1. The van der Waals surface area contributed by atoms with Crippen LogP contribution in [-0.4, -0.2) is 51.3 Å². The Morgan fingerprint density at radius 3 is 2.50 bits per heavy atom. The number of aromatic nitrogens is 2. The van der Waals surface area contributed by atoms with Crippen LogP contribution in [0.2, 0.25) is 0 Å². The number of benzene rings is 2. The van der Waals surface area contributed by atoms with Crippen molar-refractivity contribution in [3.63, 3.8) is 0 Å². The molecule has 0 radical (unpaired) electrons. The molecule has 15 heteroatoms. The minimum atomic E-state index is -2.04. The highest BCUT2D eigenvalue weighted by Gasteiger charge is 2.39. The summed E-state index contributed by atoms with van der Waals surface area (Å²) in [6, 6.07) is 8.94. The maximum absolute atomic E-state index is 13.0. The number of fused-ring (bicyclic) bond motifs is 1. The van der Waals surface area contributed by atoms with E-state index in [-0.39, 0.29) is 28.0 Å². The van der Waals surface area contributed by atoms with Crippen molar-refractivity contribution >= 4 is 51.7 Å². The Hall–Kier alpha value is -5.47. The van der Waals surface area contributed by atoms with Gasteiger partial charge in [-0.3, -0.25) is 29.3 Å². The minimum absolute atomic E-state index is 0.00582. The standard InChI is InChI=1S/C21H17N7O8/c1-36-21(33)17(29)14(15-19(31)26-13-8-9(28(34)35)6-7-12(13)24-15)16(27-23)20(32)25-11-5-3-2-4-10(11)18(22)30/h2-8,14H,23H2,1H3,(H2,22,30)(H,25,32)(H,26,31)/b27-16-. The number of nitro benzene ring substituents is 1. The molecule has 36 heavy (non-hydrogen) atoms. The van der Waals surface area contributed by atoms with Gasteiger partial charge < -0.3 is 26.6 Å². The third-order valence-corrected chi connectivity index (χ3v) is 4.92. The summed E-state index contributed by atoms with van der Waals surface area (Å²) in [5.74, 6) is -1.53. The number of nitrogens with zero attached hydrogens (tertiary/aromatic N) is 3. The fourth-order valence-electron chi connectivity index (χ4n) is 3.25. The lowest BCUT2D eigenvalue weighted by molar-refractivity contribution is -0.384. The van der Waals surface area contributed by atoms with E-state index in [0.29, 0.717) is 0 Å². The lowest BCUT2D eigenvalue weighted by Gasteiger charge is -2.16. The number of primary amides is 1. The maximum atomic E-state index is 13.0. The Labute approximate surface area is 200 Å². The topological polar surface area (TPSA) is 243 Å². The summed E-state index contributed by atoms with van der Waals surface area (Å²) in [6.45, 7) is 0. The molecular formula is C21H17N7O8. The lowest BCUT2D eigenvalue weighted by atomic mass is 9.93. The Morgan fingerprint density at radius 1 is 1.19 bits per heavy atom. The van der Waals surface area contributed by atoms with E-state index in [9.17, 15) is 34.1 Å². The van der Waals surface area contributed by atoms with E-state index >= 15 is 0 Å². The number of hydrogen-bond acceptors (Lipinski definition) is 11. The number of ether oxygens (including phenoxy) is 1. The number of Topliss-reactive ketones (excluding diaryl/α,β-unsaturated/α-hetero) is 1. The van der Waals surface area contributed by atoms with Crippen molar-refractivity contribution in [1.29, 1.82) is 0 Å². The number of esters is 1. The van der Waals surface area contributed by atoms with Crippen LogP contribution in [0.1, 0.15) is 22.0 Å². The molecule has 0 aliphatic rings. The summed E-state index contributed by atoms with van der Waals surface area (Å²) in [5, 5.41) is 16.6. The van der Waals surface area contributed by atoms with E-state index < -0.39 is 51.4 Å². The lowest BCUT2D eigenvalue weighted by Crippen LogP contribution is -2.40. The molecule has 1 aromatic heterocycles. The first-order chi connectivity index (χ1) is 17.1. The maximum Gasteiger partial charge on any atom is 0.375 e. The molecule has 0 fully saturated rings. The highest BCUT2D eigenvalue weighted by molar-refractivity contribution is 6.54. The van der Waals surface area contributed by atoms with Gasteiger partial charge in [-0.2, -0.15) is 5.10 Å². The van der Waals surface area contributed by atoms with Gasteiger partial charge in [-0.1, -0.05) is 12.1 Å². The number of nitrogens with two attached hydrogens (primary N) is 2. The number of hydrogen-bond donors (Lipinski definition) is 4. The summed E-state index contributed by atoms with van der Waals surface area (Å²) in [4.78, 5) is 79.2. The molecule has 0 saturated carbocycles. The molecule has 2 amide bonds. The van der Waals surface area contributed by atoms with Gasteiger partial charge in [-0.25, -0.2) is 9.78 Å². The SMILES string of the molecule is COC(=O)C(=O)C(/C(=N/N)C(=O)Nc1ccccc1C(N)=O)c1nc2ccc([N+](=O)[O-])cc2[nH]c1=O. The monoisotopic (exact) mass is 495 g/mol. The van der Waals surface area contributed by atoms with Crippen LogP contribution < -0.4 is 22.5 Å². The third kappa shape index (κ3) is 4.89. The van der Waals surface area contributed by atoms with E-state index in [1.807, 2.05) is 0 Å². The summed E-state index contributed by atoms with van der Waals surface area (Å²) < 4.78 is 4.43. The van der Waals surface area contributed by atoms with Gasteiger partial charge in [0.15, 0.2) is 0 Å². The molecule has 1 heterocycles. The molecule has 3 rings (SSSR count). The molecule has 0 spiro atoms. The van der Waals surface area contributed by atoms with Crippen LogP contribution in [0.4, 0.5) is 11.4 Å². The molecule has 2 aromatic carbocycles. The molecule has 0 saturated heterocycles. The van der Waals surface area contributed by atoms with Crippen LogP contribution in [0.15, 0.2) is 52.4 Å². The van der Waals surface area contributed by atoms with Crippen molar-refractivity contribution < 1.29 is 28.8 Å². The first-order valence-electron chi connectivity index (χ1n) is 9.87. The number of amides is 2. The van der Waals surface area contributed by atoms with Crippen molar-refractivity contribution in [3.05, 3.63) is 74.2 Å². The van der Waals surface area contributed by atoms with E-state index in [1.54, 1.807) is 0 Å². The number of hydrazone groups is 1. The summed E-state index contributed by atoms with van der Waals surface area (Å²) in [7, 11) is 0.900. The van der Waals surface area contributed by atoms with Crippen molar-refractivity contribution in [2.24, 2.45) is 16.7 Å². The van der Waals surface area contributed by atoms with Crippen LogP contribution in [0.5, 0.6) is 0 Å². The average Bonchev–Trinajstić information content (AvgIpc) is 2.85. The number of nitrogens with one attached hydrogen (secondary N) is 2. The predicted octanol–water partition coefficient (Wildman–Crippen LogP) is -0.291. The highest BCUT2D eigenvalue weighted by Crippen LogP contribution is 2.22. The van der Waals surface area contributed by atoms with Crippen LogP contribution in [0, 0.1) is 10.1 Å². The van der Waals surface area contributed by atoms with Crippen LogP contribution >= 0.6 is 0 Å². The number of anilines is 1. The van der Waals surface area contributed by atoms with E-state index in [1.165, 1.54) is 30.3 Å². The average molecular weight is 495 g/mol. The number of aromatic amines is 1. The van der Waals surface area contributed by atoms with Gasteiger partial charge in [0.25, 0.3) is 28.8 Å². The van der Waals surface area contributed by atoms with Gasteiger partial charge in [0, 0.05) is 12.1 Å². The van der Waals surface area contributed by atoms with E-state index in [4.69, 9.17) is 11.6 Å². The molecular weight excluding hydrogens is 478 g/mol. The number of methoxy groups -OCH3 is 1. The Kier molecular flexibility index (Phi) is 7.13. The van der Waals surface area contributed by atoms with E-state index in [0.717, 1.165) is 19.2 Å². The van der Waals surface area contributed by atoms with Gasteiger partial charge in [-0.15, -0.1) is 0 Å². The normalized spacial score (nSPS) is 12.0. The largest absolute Gasteiger partial charge is 0.463 e. The Morgan fingerprint density at radius 2 is 1.89 bits per heavy atom. The summed E-state index contributed by atoms with van der Waals surface area (Å²) in [5.41, 5.74) is 2.23. The van der Waals surface area contributed by atoms with Gasteiger partial charge in [0.1, 0.15) is 17.3 Å². The molecule has 6 N–H and O–H groups in total. The predicted molar refractivity (Wildman–Crippen MR) is 124 cm³/mol. The zero-order valence-corrected chi connectivity index (χ0v) is 18.4. The van der Waals surface area contributed by atoms with Crippen LogP contribution in [0.25, 0.3) is 11.0 Å². The first-order valence-corrected chi connectivity index (χ1v) is 9.87. The smallest absolute Gasteiger partial charge is 0.375 e. The first kappa shape index (κ1) is 25.2. The number of rotatable bonds is 8. The molecule has 3 aromatic rings. The summed E-state index contributed by atoms with van der Waals surface area (Å²) >= 11 is 0. The second-order valence-electron chi connectivity index (χ2n) is 7.08. The number of carbonyl (C=O) groups excluding carboxylic acids is 4.